The van der Waals surface area contributed by atoms with Crippen LogP contribution >= 0.6 is 0 Å². The van der Waals surface area contributed by atoms with Crippen LogP contribution in [0, 0.1) is 11.6 Å². The molecule has 41 heavy (non-hydrogen) atoms. The summed E-state index contributed by atoms with van der Waals surface area (Å²) in [6, 6.07) is 9.26. The number of primary amides is 1. The molecule has 1 aliphatic heterocycles. The van der Waals surface area contributed by atoms with Crippen molar-refractivity contribution in [3.05, 3.63) is 83.7 Å². The number of urea groups is 1. The van der Waals surface area contributed by atoms with Gasteiger partial charge in [-0.1, -0.05) is 12.1 Å². The molecule has 1 aromatic heterocycles. The Morgan fingerprint density at radius 2 is 1.83 bits per heavy atom. The van der Waals surface area contributed by atoms with Gasteiger partial charge in [-0.2, -0.15) is 0 Å². The first-order valence-corrected chi connectivity index (χ1v) is 12.7. The van der Waals surface area contributed by atoms with Gasteiger partial charge in [0.15, 0.2) is 0 Å². The van der Waals surface area contributed by atoms with E-state index in [1.807, 2.05) is 0 Å². The summed E-state index contributed by atoms with van der Waals surface area (Å²) in [4.78, 5) is 53.0. The zero-order valence-electron chi connectivity index (χ0n) is 22.4. The molecule has 0 bridgehead atoms. The Bertz CT molecular complexity index is 1440. The largest absolute Gasteiger partial charge is 0.497 e. The Labute approximate surface area is 234 Å². The number of amides is 5. The predicted octanol–water partition coefficient (Wildman–Crippen LogP) is 1.93. The van der Waals surface area contributed by atoms with Crippen LogP contribution in [0.4, 0.5) is 19.3 Å². The summed E-state index contributed by atoms with van der Waals surface area (Å²) in [5, 5.41) is 7.58. The van der Waals surface area contributed by atoms with E-state index in [2.05, 4.69) is 16.0 Å². The summed E-state index contributed by atoms with van der Waals surface area (Å²) in [5.41, 5.74) is 6.38. The molecule has 0 aliphatic carbocycles. The Hall–Kier alpha value is -4.94. The lowest BCUT2D eigenvalue weighted by Gasteiger charge is -2.26. The second-order valence-electron chi connectivity index (χ2n) is 9.65. The van der Waals surface area contributed by atoms with Gasteiger partial charge in [0.05, 0.1) is 18.8 Å². The number of likely N-dealkylation sites (tertiary alicyclic amines) is 1. The standard InChI is InChI=1S/C28H30F2N6O5/c1-35-11-3-4-23(35)27(39)36-15-18(32-28(40)34-21-10-7-17(29)13-20(21)30)14-24(36)26(38)33-22(25(31)37)12-16-5-8-19(41-2)9-6-16/h3-11,13,18,22,24H,12,14-15H2,1-2H3,(H2,31,37)(H,33,38)(H2,32,34,40)/t18-,22-,24-/m0/s1. The molecule has 4 rings (SSSR count). The van der Waals surface area contributed by atoms with Crippen molar-refractivity contribution in [3.8, 4) is 5.75 Å². The number of hydrogen-bond acceptors (Lipinski definition) is 5. The van der Waals surface area contributed by atoms with Crippen LogP contribution in [0.25, 0.3) is 0 Å². The number of methoxy groups -OCH3 is 1. The zero-order chi connectivity index (χ0) is 29.7. The SMILES string of the molecule is COc1ccc(C[C@H](NC(=O)[C@@H]2C[C@H](NC(=O)Nc3ccc(F)cc3F)CN2C(=O)c2cccn2C)C(N)=O)cc1. The van der Waals surface area contributed by atoms with Crippen molar-refractivity contribution < 1.29 is 32.7 Å². The first-order chi connectivity index (χ1) is 19.5. The number of nitrogens with two attached hydrogens (primary N) is 1. The number of aromatic nitrogens is 1. The van der Waals surface area contributed by atoms with E-state index < -0.39 is 53.5 Å². The fourth-order valence-electron chi connectivity index (χ4n) is 4.67. The summed E-state index contributed by atoms with van der Waals surface area (Å²) in [7, 11) is 3.20. The van der Waals surface area contributed by atoms with Gasteiger partial charge < -0.3 is 35.9 Å². The lowest BCUT2D eigenvalue weighted by molar-refractivity contribution is -0.129. The summed E-state index contributed by atoms with van der Waals surface area (Å²) in [6.07, 6.45) is 1.79. The second-order valence-corrected chi connectivity index (χ2v) is 9.65. The van der Waals surface area contributed by atoms with Crippen molar-refractivity contribution in [2.45, 2.75) is 31.0 Å². The topological polar surface area (TPSA) is 148 Å². The highest BCUT2D eigenvalue weighted by atomic mass is 19.1. The molecule has 2 aromatic carbocycles. The third-order valence-electron chi connectivity index (χ3n) is 6.80. The fraction of sp³-hybridized carbons (Fsp3) is 0.286. The van der Waals surface area contributed by atoms with E-state index in [0.717, 1.165) is 17.7 Å². The normalized spacial score (nSPS) is 17.0. The van der Waals surface area contributed by atoms with Gasteiger partial charge in [0.1, 0.15) is 35.2 Å². The van der Waals surface area contributed by atoms with E-state index in [4.69, 9.17) is 10.5 Å². The van der Waals surface area contributed by atoms with Gasteiger partial charge in [-0.05, 0) is 48.4 Å². The van der Waals surface area contributed by atoms with E-state index in [9.17, 15) is 28.0 Å². The lowest BCUT2D eigenvalue weighted by atomic mass is 10.0. The molecule has 0 saturated carbocycles. The van der Waals surface area contributed by atoms with Gasteiger partial charge in [-0.3, -0.25) is 14.4 Å². The van der Waals surface area contributed by atoms with Gasteiger partial charge in [0.2, 0.25) is 11.8 Å². The van der Waals surface area contributed by atoms with E-state index >= 15 is 0 Å². The first-order valence-electron chi connectivity index (χ1n) is 12.7. The number of hydrogen-bond donors (Lipinski definition) is 4. The Morgan fingerprint density at radius 1 is 1.10 bits per heavy atom. The van der Waals surface area contributed by atoms with Gasteiger partial charge in [0, 0.05) is 32.3 Å². The minimum Gasteiger partial charge on any atom is -0.497 e. The van der Waals surface area contributed by atoms with Crippen LogP contribution in [0.3, 0.4) is 0 Å². The maximum atomic E-state index is 14.0. The number of benzene rings is 2. The molecule has 1 aliphatic rings. The molecule has 13 heteroatoms. The quantitative estimate of drug-likeness (QED) is 0.311. The molecule has 5 N–H and O–H groups in total. The Kier molecular flexibility index (Phi) is 8.85. The number of carbonyl (C=O) groups is 4. The molecular formula is C28H30F2N6O5. The van der Waals surface area contributed by atoms with Gasteiger partial charge in [0.25, 0.3) is 5.91 Å². The van der Waals surface area contributed by atoms with Crippen LogP contribution < -0.4 is 26.4 Å². The number of carbonyl (C=O) groups excluding carboxylic acids is 4. The van der Waals surface area contributed by atoms with Crippen LogP contribution in [0.1, 0.15) is 22.5 Å². The van der Waals surface area contributed by atoms with Gasteiger partial charge >= 0.3 is 6.03 Å². The molecule has 2 heterocycles. The number of nitrogens with zero attached hydrogens (tertiary/aromatic N) is 2. The summed E-state index contributed by atoms with van der Waals surface area (Å²) >= 11 is 0. The van der Waals surface area contributed by atoms with Gasteiger partial charge in [-0.25, -0.2) is 13.6 Å². The maximum absolute atomic E-state index is 14.0. The average molecular weight is 569 g/mol. The van der Waals surface area contributed by atoms with Gasteiger partial charge in [-0.15, -0.1) is 0 Å². The van der Waals surface area contributed by atoms with Crippen LogP contribution in [-0.2, 0) is 23.1 Å². The van der Waals surface area contributed by atoms with E-state index in [-0.39, 0.29) is 25.1 Å². The number of halogens is 2. The molecule has 1 saturated heterocycles. The number of nitrogens with one attached hydrogen (secondary N) is 3. The van der Waals surface area contributed by atoms with Crippen molar-refractivity contribution in [1.29, 1.82) is 0 Å². The third kappa shape index (κ3) is 6.99. The van der Waals surface area contributed by atoms with Crippen LogP contribution in [0.5, 0.6) is 5.75 Å². The molecule has 0 radical (unpaired) electrons. The predicted molar refractivity (Wildman–Crippen MR) is 145 cm³/mol. The van der Waals surface area contributed by atoms with Crippen molar-refractivity contribution in [1.82, 2.24) is 20.1 Å². The Morgan fingerprint density at radius 3 is 2.44 bits per heavy atom. The van der Waals surface area contributed by atoms with E-state index in [0.29, 0.717) is 17.5 Å². The molecule has 3 aromatic rings. The van der Waals surface area contributed by atoms with E-state index in [1.54, 1.807) is 54.2 Å². The number of ether oxygens (including phenoxy) is 1. The minimum absolute atomic E-state index is 0.00926. The first kappa shape index (κ1) is 29.1. The monoisotopic (exact) mass is 568 g/mol. The highest BCUT2D eigenvalue weighted by Gasteiger charge is 2.42. The van der Waals surface area contributed by atoms with Crippen molar-refractivity contribution in [3.63, 3.8) is 0 Å². The molecule has 3 atom stereocenters. The third-order valence-corrected chi connectivity index (χ3v) is 6.80. The molecule has 216 valence electrons. The molecule has 0 unspecified atom stereocenters. The smallest absolute Gasteiger partial charge is 0.319 e. The van der Waals surface area contributed by atoms with Crippen molar-refractivity contribution >= 4 is 29.4 Å². The number of rotatable bonds is 9. The zero-order valence-corrected chi connectivity index (χ0v) is 22.4. The van der Waals surface area contributed by atoms with Crippen molar-refractivity contribution in [2.24, 2.45) is 12.8 Å². The van der Waals surface area contributed by atoms with Crippen LogP contribution in [-0.4, -0.2) is 65.0 Å². The Balaban J connectivity index is 1.50. The minimum atomic E-state index is -1.07. The molecule has 11 nitrogen and oxygen atoms in total. The molecule has 5 amide bonds. The number of aryl methyl sites for hydroxylation is 1. The summed E-state index contributed by atoms with van der Waals surface area (Å²) in [6.45, 7) is -0.0405. The molecular weight excluding hydrogens is 538 g/mol. The highest BCUT2D eigenvalue weighted by Crippen LogP contribution is 2.23. The average Bonchev–Trinajstić information content (AvgIpc) is 3.56. The second kappa shape index (κ2) is 12.5. The summed E-state index contributed by atoms with van der Waals surface area (Å²) < 4.78 is 33.9. The molecule has 0 spiro atoms. The van der Waals surface area contributed by atoms with Crippen LogP contribution in [0.15, 0.2) is 60.8 Å². The van der Waals surface area contributed by atoms with E-state index in [1.165, 1.54) is 12.0 Å². The fourth-order valence-corrected chi connectivity index (χ4v) is 4.67. The van der Waals surface area contributed by atoms with Crippen LogP contribution in [0.2, 0.25) is 0 Å². The molecule has 1 fully saturated rings. The summed E-state index contributed by atoms with van der Waals surface area (Å²) in [5.74, 6) is -2.98. The van der Waals surface area contributed by atoms with Crippen molar-refractivity contribution in [2.75, 3.05) is 19.0 Å². The number of anilines is 1. The maximum Gasteiger partial charge on any atom is 0.319 e. The highest BCUT2D eigenvalue weighted by molar-refractivity contribution is 5.98. The lowest BCUT2D eigenvalue weighted by Crippen LogP contribution is -2.53.